The van der Waals surface area contributed by atoms with Crippen molar-refractivity contribution < 1.29 is 8.78 Å². The molecule has 6 heteroatoms. The third-order valence-corrected chi connectivity index (χ3v) is 4.94. The van der Waals surface area contributed by atoms with Crippen LogP contribution in [0.1, 0.15) is 16.5 Å². The summed E-state index contributed by atoms with van der Waals surface area (Å²) in [6.07, 6.45) is 0.202. The fourth-order valence-electron chi connectivity index (χ4n) is 1.84. The summed E-state index contributed by atoms with van der Waals surface area (Å²) in [4.78, 5) is 0.878. The Kier molecular flexibility index (Phi) is 4.95. The summed E-state index contributed by atoms with van der Waals surface area (Å²) in [6.45, 7) is 0. The van der Waals surface area contributed by atoms with Crippen LogP contribution in [0.4, 0.5) is 8.78 Å². The Morgan fingerprint density at radius 3 is 2.68 bits per heavy atom. The molecule has 0 saturated carbocycles. The maximum absolute atomic E-state index is 14.0. The standard InChI is InChI=1S/C13H11BrClF2NS/c1-18-11(13-9(15)4-5-19-13)6-7-10(16)3-2-8(14)12(7)17/h2-5,11,18H,6H2,1H3. The molecule has 0 radical (unpaired) electrons. The fraction of sp³-hybridized carbons (Fsp3) is 0.231. The van der Waals surface area contributed by atoms with Crippen molar-refractivity contribution >= 4 is 38.9 Å². The molecule has 2 aromatic rings. The average Bonchev–Trinajstić information content (AvgIpc) is 2.81. The molecule has 1 aromatic carbocycles. The molecule has 19 heavy (non-hydrogen) atoms. The van der Waals surface area contributed by atoms with Crippen LogP contribution in [0.3, 0.4) is 0 Å². The molecular weight excluding hydrogens is 356 g/mol. The average molecular weight is 367 g/mol. The van der Waals surface area contributed by atoms with Crippen LogP contribution in [0, 0.1) is 11.6 Å². The van der Waals surface area contributed by atoms with Crippen LogP contribution < -0.4 is 5.32 Å². The van der Waals surface area contributed by atoms with Gasteiger partial charge in [-0.25, -0.2) is 8.78 Å². The lowest BCUT2D eigenvalue weighted by atomic mass is 10.0. The number of hydrogen-bond acceptors (Lipinski definition) is 2. The van der Waals surface area contributed by atoms with Gasteiger partial charge in [0.2, 0.25) is 0 Å². The van der Waals surface area contributed by atoms with Gasteiger partial charge in [-0.15, -0.1) is 11.3 Å². The molecule has 0 aliphatic heterocycles. The molecule has 102 valence electrons. The van der Waals surface area contributed by atoms with Crippen LogP contribution in [0.5, 0.6) is 0 Å². The van der Waals surface area contributed by atoms with Gasteiger partial charge in [0.15, 0.2) is 0 Å². The zero-order valence-corrected chi connectivity index (χ0v) is 13.2. The predicted octanol–water partition coefficient (Wildman–Crippen LogP) is 4.95. The van der Waals surface area contributed by atoms with Crippen molar-refractivity contribution in [2.75, 3.05) is 7.05 Å². The highest BCUT2D eigenvalue weighted by molar-refractivity contribution is 9.10. The molecule has 1 unspecified atom stereocenters. The Morgan fingerprint density at radius 2 is 2.11 bits per heavy atom. The minimum Gasteiger partial charge on any atom is -0.312 e. The van der Waals surface area contributed by atoms with E-state index >= 15 is 0 Å². The second-order valence-electron chi connectivity index (χ2n) is 4.00. The number of halogens is 4. The smallest absolute Gasteiger partial charge is 0.143 e. The SMILES string of the molecule is CNC(Cc1c(F)ccc(Br)c1F)c1sccc1Cl. The molecule has 0 fully saturated rings. The molecule has 1 atom stereocenters. The Bertz CT molecular complexity index is 588. The van der Waals surface area contributed by atoms with E-state index in [-0.39, 0.29) is 22.5 Å². The molecule has 1 aromatic heterocycles. The van der Waals surface area contributed by atoms with Gasteiger partial charge in [0, 0.05) is 16.5 Å². The lowest BCUT2D eigenvalue weighted by Gasteiger charge is -2.16. The van der Waals surface area contributed by atoms with Crippen LogP contribution >= 0.6 is 38.9 Å². The first kappa shape index (κ1) is 14.9. The first-order valence-corrected chi connectivity index (χ1v) is 7.62. The van der Waals surface area contributed by atoms with Gasteiger partial charge in [0.1, 0.15) is 11.6 Å². The summed E-state index contributed by atoms with van der Waals surface area (Å²) in [5.74, 6) is -1.11. The Labute approximate surface area is 127 Å². The summed E-state index contributed by atoms with van der Waals surface area (Å²) < 4.78 is 28.0. The van der Waals surface area contributed by atoms with Crippen molar-refractivity contribution in [2.24, 2.45) is 0 Å². The van der Waals surface area contributed by atoms with Crippen molar-refractivity contribution in [3.8, 4) is 0 Å². The van der Waals surface area contributed by atoms with Crippen molar-refractivity contribution in [1.29, 1.82) is 0 Å². The topological polar surface area (TPSA) is 12.0 Å². The molecule has 1 nitrogen and oxygen atoms in total. The van der Waals surface area contributed by atoms with E-state index in [1.807, 2.05) is 5.38 Å². The number of thiophene rings is 1. The van der Waals surface area contributed by atoms with Crippen molar-refractivity contribution in [1.82, 2.24) is 5.32 Å². The summed E-state index contributed by atoms with van der Waals surface area (Å²) >= 11 is 10.6. The highest BCUT2D eigenvalue weighted by Crippen LogP contribution is 2.32. The van der Waals surface area contributed by atoms with E-state index in [9.17, 15) is 8.78 Å². The number of likely N-dealkylation sites (N-methyl/N-ethyl adjacent to an activating group) is 1. The van der Waals surface area contributed by atoms with Crippen molar-refractivity contribution in [3.05, 3.63) is 55.1 Å². The second kappa shape index (κ2) is 6.31. The normalized spacial score (nSPS) is 12.7. The van der Waals surface area contributed by atoms with Gasteiger partial charge in [-0.3, -0.25) is 0 Å². The molecule has 0 spiro atoms. The van der Waals surface area contributed by atoms with E-state index < -0.39 is 11.6 Å². The van der Waals surface area contributed by atoms with Gasteiger partial charge >= 0.3 is 0 Å². The Balaban J connectivity index is 2.34. The van der Waals surface area contributed by atoms with E-state index in [4.69, 9.17) is 11.6 Å². The molecule has 0 amide bonds. The zero-order valence-electron chi connectivity index (χ0n) is 10.0. The number of rotatable bonds is 4. The lowest BCUT2D eigenvalue weighted by molar-refractivity contribution is 0.516. The third kappa shape index (κ3) is 3.16. The van der Waals surface area contributed by atoms with Gasteiger partial charge < -0.3 is 5.32 Å². The number of hydrogen-bond donors (Lipinski definition) is 1. The summed E-state index contributed by atoms with van der Waals surface area (Å²) in [5, 5.41) is 5.51. The van der Waals surface area contributed by atoms with Crippen molar-refractivity contribution in [2.45, 2.75) is 12.5 Å². The van der Waals surface area contributed by atoms with E-state index in [1.165, 1.54) is 23.5 Å². The Morgan fingerprint density at radius 1 is 1.37 bits per heavy atom. The second-order valence-corrected chi connectivity index (χ2v) is 6.21. The number of nitrogens with one attached hydrogen (secondary N) is 1. The molecule has 0 aliphatic carbocycles. The van der Waals surface area contributed by atoms with E-state index in [0.29, 0.717) is 5.02 Å². The minimum atomic E-state index is -0.562. The van der Waals surface area contributed by atoms with E-state index in [0.717, 1.165) is 4.88 Å². The van der Waals surface area contributed by atoms with Crippen LogP contribution in [0.15, 0.2) is 28.1 Å². The van der Waals surface area contributed by atoms with E-state index in [2.05, 4.69) is 21.2 Å². The van der Waals surface area contributed by atoms with Crippen LogP contribution in [0.2, 0.25) is 5.02 Å². The third-order valence-electron chi connectivity index (χ3n) is 2.86. The van der Waals surface area contributed by atoms with Crippen molar-refractivity contribution in [3.63, 3.8) is 0 Å². The lowest BCUT2D eigenvalue weighted by Crippen LogP contribution is -2.19. The molecule has 0 bridgehead atoms. The molecular formula is C13H11BrClF2NS. The van der Waals surface area contributed by atoms with Gasteiger partial charge in [0.25, 0.3) is 0 Å². The van der Waals surface area contributed by atoms with Crippen LogP contribution in [-0.4, -0.2) is 7.05 Å². The molecule has 2 rings (SSSR count). The van der Waals surface area contributed by atoms with Gasteiger partial charge in [-0.2, -0.15) is 0 Å². The Hall–Kier alpha value is -0.490. The van der Waals surface area contributed by atoms with Crippen LogP contribution in [0.25, 0.3) is 0 Å². The molecule has 0 aliphatic rings. The van der Waals surface area contributed by atoms with E-state index in [1.54, 1.807) is 13.1 Å². The summed E-state index contributed by atoms with van der Waals surface area (Å²) in [7, 11) is 1.74. The number of benzene rings is 1. The highest BCUT2D eigenvalue weighted by Gasteiger charge is 2.20. The first-order chi connectivity index (χ1) is 9.04. The van der Waals surface area contributed by atoms with Gasteiger partial charge in [-0.1, -0.05) is 11.6 Å². The highest BCUT2D eigenvalue weighted by atomic mass is 79.9. The summed E-state index contributed by atoms with van der Waals surface area (Å²) in [6, 6.07) is 4.18. The van der Waals surface area contributed by atoms with Crippen LogP contribution in [-0.2, 0) is 6.42 Å². The molecule has 1 N–H and O–H groups in total. The zero-order chi connectivity index (χ0) is 14.0. The molecule has 0 saturated heterocycles. The first-order valence-electron chi connectivity index (χ1n) is 5.57. The quantitative estimate of drug-likeness (QED) is 0.755. The van der Waals surface area contributed by atoms with Gasteiger partial charge in [0.05, 0.1) is 9.50 Å². The predicted molar refractivity (Wildman–Crippen MR) is 78.9 cm³/mol. The minimum absolute atomic E-state index is 0.0539. The monoisotopic (exact) mass is 365 g/mol. The largest absolute Gasteiger partial charge is 0.312 e. The maximum atomic E-state index is 14.0. The summed E-state index contributed by atoms with van der Waals surface area (Å²) in [5.41, 5.74) is 0.0539. The fourth-order valence-corrected chi connectivity index (χ4v) is 3.51. The maximum Gasteiger partial charge on any atom is 0.143 e. The van der Waals surface area contributed by atoms with Gasteiger partial charge in [-0.05, 0) is 53.0 Å². The molecule has 1 heterocycles.